The molecule has 1 heterocycles. The number of ether oxygens (including phenoxy) is 1. The molecular formula is C10H9BrO3. The van der Waals surface area contributed by atoms with Crippen LogP contribution in [0.25, 0.3) is 0 Å². The van der Waals surface area contributed by atoms with Crippen LogP contribution < -0.4 is 0 Å². The summed E-state index contributed by atoms with van der Waals surface area (Å²) in [5.41, 5.74) is -0.0327. The topological polar surface area (TPSA) is 46.5 Å². The Morgan fingerprint density at radius 3 is 2.64 bits per heavy atom. The van der Waals surface area contributed by atoms with E-state index in [9.17, 15) is 4.79 Å². The smallest absolute Gasteiger partial charge is 0.318 e. The van der Waals surface area contributed by atoms with Crippen molar-refractivity contribution in [3.8, 4) is 0 Å². The number of carboxylic acids is 1. The molecule has 1 aromatic rings. The van der Waals surface area contributed by atoms with Crippen molar-refractivity contribution < 1.29 is 14.6 Å². The Labute approximate surface area is 89.8 Å². The first-order valence-electron chi connectivity index (χ1n) is 4.22. The second-order valence-corrected chi connectivity index (χ2v) is 4.31. The minimum Gasteiger partial charge on any atom is -0.480 e. The summed E-state index contributed by atoms with van der Waals surface area (Å²) in [6.07, 6.45) is 0. The zero-order chi connectivity index (χ0) is 10.2. The molecule has 1 fully saturated rings. The van der Waals surface area contributed by atoms with Gasteiger partial charge in [0.1, 0.15) is 5.41 Å². The Kier molecular flexibility index (Phi) is 2.33. The van der Waals surface area contributed by atoms with Crippen LogP contribution in [0.5, 0.6) is 0 Å². The summed E-state index contributed by atoms with van der Waals surface area (Å²) in [4.78, 5) is 11.1. The maximum Gasteiger partial charge on any atom is 0.318 e. The first-order chi connectivity index (χ1) is 6.65. The summed E-state index contributed by atoms with van der Waals surface area (Å²) in [6, 6.07) is 7.36. The van der Waals surface area contributed by atoms with Crippen molar-refractivity contribution in [2.45, 2.75) is 5.41 Å². The molecule has 1 aliphatic rings. The first kappa shape index (κ1) is 9.68. The fraction of sp³-hybridized carbons (Fsp3) is 0.300. The van der Waals surface area contributed by atoms with E-state index < -0.39 is 11.4 Å². The standard InChI is InChI=1S/C10H9BrO3/c11-8-3-1-2-7(4-8)10(9(12)13)5-14-6-10/h1-4H,5-6H2,(H,12,13). The molecule has 0 radical (unpaired) electrons. The molecular weight excluding hydrogens is 248 g/mol. The van der Waals surface area contributed by atoms with Crippen molar-refractivity contribution in [3.63, 3.8) is 0 Å². The van der Waals surface area contributed by atoms with Gasteiger partial charge in [0.05, 0.1) is 13.2 Å². The second kappa shape index (κ2) is 3.37. The fourth-order valence-electron chi connectivity index (χ4n) is 1.51. The molecule has 74 valence electrons. The van der Waals surface area contributed by atoms with Crippen molar-refractivity contribution in [1.82, 2.24) is 0 Å². The number of hydrogen-bond donors (Lipinski definition) is 1. The van der Waals surface area contributed by atoms with Gasteiger partial charge in [-0.25, -0.2) is 0 Å². The van der Waals surface area contributed by atoms with Crippen molar-refractivity contribution in [2.24, 2.45) is 0 Å². The molecule has 0 aliphatic carbocycles. The summed E-state index contributed by atoms with van der Waals surface area (Å²) in [5.74, 6) is -0.818. The molecule has 3 nitrogen and oxygen atoms in total. The van der Waals surface area contributed by atoms with Crippen LogP contribution in [0.15, 0.2) is 28.7 Å². The third-order valence-corrected chi connectivity index (χ3v) is 2.98. The third kappa shape index (κ3) is 1.35. The van der Waals surface area contributed by atoms with E-state index in [1.165, 1.54) is 0 Å². The Bertz CT molecular complexity index is 371. The number of rotatable bonds is 2. The van der Waals surface area contributed by atoms with Crippen LogP contribution in [0.1, 0.15) is 5.56 Å². The molecule has 14 heavy (non-hydrogen) atoms. The molecule has 1 saturated heterocycles. The lowest BCUT2D eigenvalue weighted by molar-refractivity contribution is -0.163. The van der Waals surface area contributed by atoms with Crippen LogP contribution in [0.2, 0.25) is 0 Å². The second-order valence-electron chi connectivity index (χ2n) is 3.39. The summed E-state index contributed by atoms with van der Waals surface area (Å²) in [6.45, 7) is 0.525. The highest BCUT2D eigenvalue weighted by atomic mass is 79.9. The van der Waals surface area contributed by atoms with Gasteiger partial charge in [-0.15, -0.1) is 0 Å². The summed E-state index contributed by atoms with van der Waals surface area (Å²) < 4.78 is 5.89. The van der Waals surface area contributed by atoms with Gasteiger partial charge >= 0.3 is 5.97 Å². The molecule has 0 bridgehead atoms. The van der Waals surface area contributed by atoms with Crippen LogP contribution in [0.4, 0.5) is 0 Å². The Morgan fingerprint density at radius 1 is 1.50 bits per heavy atom. The highest BCUT2D eigenvalue weighted by Crippen LogP contribution is 2.33. The highest BCUT2D eigenvalue weighted by Gasteiger charge is 2.47. The number of carboxylic acid groups (broad SMARTS) is 1. The van der Waals surface area contributed by atoms with E-state index in [1.807, 2.05) is 24.3 Å². The molecule has 0 atom stereocenters. The number of carbonyl (C=O) groups is 1. The lowest BCUT2D eigenvalue weighted by Crippen LogP contribution is -2.53. The molecule has 0 aromatic heterocycles. The predicted molar refractivity (Wildman–Crippen MR) is 54.3 cm³/mol. The van der Waals surface area contributed by atoms with Crippen LogP contribution in [-0.4, -0.2) is 24.3 Å². The highest BCUT2D eigenvalue weighted by molar-refractivity contribution is 9.10. The fourth-order valence-corrected chi connectivity index (χ4v) is 1.91. The van der Waals surface area contributed by atoms with Gasteiger partial charge < -0.3 is 9.84 Å². The largest absolute Gasteiger partial charge is 0.480 e. The van der Waals surface area contributed by atoms with Gasteiger partial charge in [-0.05, 0) is 17.7 Å². The summed E-state index contributed by atoms with van der Waals surface area (Å²) in [5, 5.41) is 9.13. The lowest BCUT2D eigenvalue weighted by Gasteiger charge is -2.37. The maximum absolute atomic E-state index is 11.1. The van der Waals surface area contributed by atoms with Crippen molar-refractivity contribution in [1.29, 1.82) is 0 Å². The normalized spacial score (nSPS) is 18.6. The Hall–Kier alpha value is -0.870. The van der Waals surface area contributed by atoms with E-state index in [2.05, 4.69) is 15.9 Å². The third-order valence-electron chi connectivity index (χ3n) is 2.48. The van der Waals surface area contributed by atoms with E-state index in [-0.39, 0.29) is 13.2 Å². The molecule has 2 rings (SSSR count). The number of hydrogen-bond acceptors (Lipinski definition) is 2. The molecule has 1 N–H and O–H groups in total. The predicted octanol–water partition coefficient (Wildman–Crippen LogP) is 1.80. The van der Waals surface area contributed by atoms with Crippen molar-refractivity contribution >= 4 is 21.9 Å². The van der Waals surface area contributed by atoms with Crippen LogP contribution in [0.3, 0.4) is 0 Å². The van der Waals surface area contributed by atoms with E-state index in [0.29, 0.717) is 0 Å². The number of benzene rings is 1. The SMILES string of the molecule is O=C(O)C1(c2cccc(Br)c2)COC1. The van der Waals surface area contributed by atoms with Gasteiger partial charge in [0, 0.05) is 4.47 Å². The molecule has 4 heteroatoms. The van der Waals surface area contributed by atoms with Gasteiger partial charge in [0.2, 0.25) is 0 Å². The van der Waals surface area contributed by atoms with E-state index in [0.717, 1.165) is 10.0 Å². The van der Waals surface area contributed by atoms with Crippen LogP contribution in [-0.2, 0) is 14.9 Å². The molecule has 0 amide bonds. The van der Waals surface area contributed by atoms with Gasteiger partial charge in [-0.1, -0.05) is 28.1 Å². The molecule has 0 spiro atoms. The Balaban J connectivity index is 2.42. The maximum atomic E-state index is 11.1. The van der Waals surface area contributed by atoms with E-state index >= 15 is 0 Å². The molecule has 1 aliphatic heterocycles. The molecule has 0 saturated carbocycles. The number of aliphatic carboxylic acids is 1. The Morgan fingerprint density at radius 2 is 2.21 bits per heavy atom. The molecule has 1 aromatic carbocycles. The lowest BCUT2D eigenvalue weighted by atomic mass is 9.79. The van der Waals surface area contributed by atoms with E-state index in [4.69, 9.17) is 9.84 Å². The summed E-state index contributed by atoms with van der Waals surface area (Å²) in [7, 11) is 0. The van der Waals surface area contributed by atoms with Crippen LogP contribution >= 0.6 is 15.9 Å². The quantitative estimate of drug-likeness (QED) is 0.878. The van der Waals surface area contributed by atoms with Gasteiger partial charge in [-0.2, -0.15) is 0 Å². The first-order valence-corrected chi connectivity index (χ1v) is 5.02. The zero-order valence-corrected chi connectivity index (χ0v) is 8.95. The summed E-state index contributed by atoms with van der Waals surface area (Å²) >= 11 is 3.32. The minimum atomic E-state index is -0.830. The average molecular weight is 257 g/mol. The van der Waals surface area contributed by atoms with Crippen molar-refractivity contribution in [2.75, 3.05) is 13.2 Å². The average Bonchev–Trinajstić information content (AvgIpc) is 2.00. The van der Waals surface area contributed by atoms with Crippen LogP contribution in [0, 0.1) is 0 Å². The van der Waals surface area contributed by atoms with Gasteiger partial charge in [-0.3, -0.25) is 4.79 Å². The zero-order valence-electron chi connectivity index (χ0n) is 7.37. The minimum absolute atomic E-state index is 0.263. The van der Waals surface area contributed by atoms with Gasteiger partial charge in [0.25, 0.3) is 0 Å². The molecule has 0 unspecified atom stereocenters. The van der Waals surface area contributed by atoms with Gasteiger partial charge in [0.15, 0.2) is 0 Å². The van der Waals surface area contributed by atoms with Crippen molar-refractivity contribution in [3.05, 3.63) is 34.3 Å². The number of halogens is 1. The van der Waals surface area contributed by atoms with E-state index in [1.54, 1.807) is 0 Å². The monoisotopic (exact) mass is 256 g/mol.